The molecule has 0 amide bonds. The third-order valence-electron chi connectivity index (χ3n) is 3.74. The fourth-order valence-corrected chi connectivity index (χ4v) is 3.14. The van der Waals surface area contributed by atoms with Gasteiger partial charge >= 0.3 is 0 Å². The maximum Gasteiger partial charge on any atom is 0.0137 e. The zero-order valence-electron chi connectivity index (χ0n) is 15.5. The molecule has 0 fully saturated rings. The Labute approximate surface area is 134 Å². The van der Waals surface area contributed by atoms with Crippen LogP contribution in [-0.2, 0) is 0 Å². The largest absolute Gasteiger partial charge is 0.106 e. The summed E-state index contributed by atoms with van der Waals surface area (Å²) in [5.74, 6) is 0. The lowest BCUT2D eigenvalue weighted by atomic mass is 9.73. The Morgan fingerprint density at radius 1 is 0.952 bits per heavy atom. The van der Waals surface area contributed by atoms with Crippen molar-refractivity contribution in [1.82, 2.24) is 0 Å². The fourth-order valence-electron chi connectivity index (χ4n) is 3.14. The highest BCUT2D eigenvalue weighted by Crippen LogP contribution is 2.47. The summed E-state index contributed by atoms with van der Waals surface area (Å²) in [6, 6.07) is 0. The molecule has 0 nitrogen and oxygen atoms in total. The van der Waals surface area contributed by atoms with Crippen LogP contribution in [-0.4, -0.2) is 0 Å². The van der Waals surface area contributed by atoms with Crippen LogP contribution in [0.5, 0.6) is 0 Å². The van der Waals surface area contributed by atoms with E-state index in [1.807, 2.05) is 27.7 Å². The lowest BCUT2D eigenvalue weighted by molar-refractivity contribution is 0.390. The van der Waals surface area contributed by atoms with E-state index in [1.54, 1.807) is 11.1 Å². The first-order chi connectivity index (χ1) is 10.3. The van der Waals surface area contributed by atoms with Crippen LogP contribution >= 0.6 is 0 Å². The fraction of sp³-hybridized carbons (Fsp3) is 0.619. The van der Waals surface area contributed by atoms with Crippen LogP contribution in [0.1, 0.15) is 80.1 Å². The van der Waals surface area contributed by atoms with Crippen molar-refractivity contribution in [3.63, 3.8) is 0 Å². The molecule has 0 spiro atoms. The highest BCUT2D eigenvalue weighted by molar-refractivity contribution is 5.49. The number of allylic oxidation sites excluding steroid dienone is 6. The Bertz CT molecular complexity index is 322. The molecule has 0 atom stereocenters. The molecule has 0 aromatic carbocycles. The molecule has 0 saturated heterocycles. The summed E-state index contributed by atoms with van der Waals surface area (Å²) in [6.45, 7) is 18.6. The van der Waals surface area contributed by atoms with Crippen molar-refractivity contribution in [3.05, 3.63) is 48.6 Å². The third-order valence-corrected chi connectivity index (χ3v) is 3.74. The van der Waals surface area contributed by atoms with Gasteiger partial charge in [-0.2, -0.15) is 0 Å². The van der Waals surface area contributed by atoms with E-state index in [4.69, 9.17) is 0 Å². The highest BCUT2D eigenvalue weighted by atomic mass is 14.4. The average molecular weight is 291 g/mol. The molecule has 0 aromatic heterocycles. The second-order valence-corrected chi connectivity index (χ2v) is 4.87. The SMILES string of the molecule is C=C.CC.CC.CCCC1(CCC)C=CC2=C1C=CCC2. The summed E-state index contributed by atoms with van der Waals surface area (Å²) in [4.78, 5) is 0. The number of hydrogen-bond acceptors (Lipinski definition) is 0. The molecule has 0 aliphatic heterocycles. The van der Waals surface area contributed by atoms with E-state index in [-0.39, 0.29) is 0 Å². The standard InChI is InChI=1S/C15H22.2C2H6.C2H4/c1-3-10-15(11-4-2)12-9-13-7-5-6-8-14(13)15;3*1-2/h6,8-9,12H,3-5,7,10-11H2,1-2H3;2*1-2H3;1-2H2. The predicted molar refractivity (Wildman–Crippen MR) is 101 cm³/mol. The first kappa shape index (κ1) is 22.2. The quantitative estimate of drug-likeness (QED) is 0.466. The molecule has 0 heterocycles. The Kier molecular flexibility index (Phi) is 14.7. The van der Waals surface area contributed by atoms with Crippen molar-refractivity contribution in [2.75, 3.05) is 0 Å². The molecule has 2 rings (SSSR count). The highest BCUT2D eigenvalue weighted by Gasteiger charge is 2.34. The van der Waals surface area contributed by atoms with Gasteiger partial charge in [-0.3, -0.25) is 0 Å². The van der Waals surface area contributed by atoms with Crippen LogP contribution in [0, 0.1) is 5.41 Å². The normalized spacial score (nSPS) is 16.7. The minimum atomic E-state index is 0.399. The van der Waals surface area contributed by atoms with E-state index in [9.17, 15) is 0 Å². The molecule has 2 aliphatic rings. The molecule has 0 N–H and O–H groups in total. The van der Waals surface area contributed by atoms with Crippen molar-refractivity contribution in [2.45, 2.75) is 80.1 Å². The summed E-state index contributed by atoms with van der Waals surface area (Å²) in [6.07, 6.45) is 17.3. The molecule has 2 aliphatic carbocycles. The molecular formula is C21H38. The lowest BCUT2D eigenvalue weighted by Crippen LogP contribution is -2.18. The van der Waals surface area contributed by atoms with Gasteiger partial charge in [-0.1, -0.05) is 78.7 Å². The molecule has 0 heteroatoms. The summed E-state index contributed by atoms with van der Waals surface area (Å²) >= 11 is 0. The Hall–Kier alpha value is -1.04. The van der Waals surface area contributed by atoms with Gasteiger partial charge < -0.3 is 0 Å². The van der Waals surface area contributed by atoms with Gasteiger partial charge in [-0.05, 0) is 36.8 Å². The van der Waals surface area contributed by atoms with Gasteiger partial charge in [0.05, 0.1) is 0 Å². The average Bonchev–Trinajstić information content (AvgIpc) is 2.93. The van der Waals surface area contributed by atoms with E-state index < -0.39 is 0 Å². The zero-order valence-corrected chi connectivity index (χ0v) is 15.5. The Morgan fingerprint density at radius 2 is 1.48 bits per heavy atom. The first-order valence-corrected chi connectivity index (χ1v) is 8.92. The summed E-state index contributed by atoms with van der Waals surface area (Å²) in [5, 5.41) is 0. The van der Waals surface area contributed by atoms with Gasteiger partial charge in [0.1, 0.15) is 0 Å². The Morgan fingerprint density at radius 3 is 1.95 bits per heavy atom. The van der Waals surface area contributed by atoms with Crippen molar-refractivity contribution < 1.29 is 0 Å². The molecule has 0 aromatic rings. The van der Waals surface area contributed by atoms with E-state index >= 15 is 0 Å². The van der Waals surface area contributed by atoms with Gasteiger partial charge in [0.15, 0.2) is 0 Å². The second kappa shape index (κ2) is 13.9. The summed E-state index contributed by atoms with van der Waals surface area (Å²) < 4.78 is 0. The molecule has 21 heavy (non-hydrogen) atoms. The molecular weight excluding hydrogens is 252 g/mol. The van der Waals surface area contributed by atoms with E-state index in [0.717, 1.165) is 0 Å². The van der Waals surface area contributed by atoms with Crippen molar-refractivity contribution in [3.8, 4) is 0 Å². The Balaban J connectivity index is 0. The minimum absolute atomic E-state index is 0.399. The van der Waals surface area contributed by atoms with Crippen LogP contribution < -0.4 is 0 Å². The smallest absolute Gasteiger partial charge is 0.0137 e. The van der Waals surface area contributed by atoms with Gasteiger partial charge in [-0.15, -0.1) is 13.2 Å². The zero-order chi connectivity index (χ0) is 16.7. The van der Waals surface area contributed by atoms with Crippen LogP contribution in [0.2, 0.25) is 0 Å². The van der Waals surface area contributed by atoms with Gasteiger partial charge in [0.25, 0.3) is 0 Å². The van der Waals surface area contributed by atoms with Gasteiger partial charge in [-0.25, -0.2) is 0 Å². The summed E-state index contributed by atoms with van der Waals surface area (Å²) in [5.41, 5.74) is 3.65. The molecule has 0 unspecified atom stereocenters. The second-order valence-electron chi connectivity index (χ2n) is 4.87. The van der Waals surface area contributed by atoms with Gasteiger partial charge in [0.2, 0.25) is 0 Å². The van der Waals surface area contributed by atoms with Crippen molar-refractivity contribution in [1.29, 1.82) is 0 Å². The van der Waals surface area contributed by atoms with E-state index in [1.165, 1.54) is 38.5 Å². The maximum atomic E-state index is 3.00. The van der Waals surface area contributed by atoms with Crippen LogP contribution in [0.3, 0.4) is 0 Å². The monoisotopic (exact) mass is 290 g/mol. The molecule has 0 radical (unpaired) electrons. The topological polar surface area (TPSA) is 0 Å². The third kappa shape index (κ3) is 6.08. The molecule has 122 valence electrons. The van der Waals surface area contributed by atoms with Crippen LogP contribution in [0.15, 0.2) is 48.6 Å². The first-order valence-electron chi connectivity index (χ1n) is 8.92. The van der Waals surface area contributed by atoms with Gasteiger partial charge in [0, 0.05) is 5.41 Å². The number of rotatable bonds is 4. The predicted octanol–water partition coefficient (Wildman–Crippen LogP) is 7.64. The minimum Gasteiger partial charge on any atom is -0.106 e. The lowest BCUT2D eigenvalue weighted by Gasteiger charge is -2.31. The van der Waals surface area contributed by atoms with Crippen LogP contribution in [0.25, 0.3) is 0 Å². The number of hydrogen-bond donors (Lipinski definition) is 0. The van der Waals surface area contributed by atoms with E-state index in [0.29, 0.717) is 5.41 Å². The maximum absolute atomic E-state index is 3.00. The summed E-state index contributed by atoms with van der Waals surface area (Å²) in [7, 11) is 0. The van der Waals surface area contributed by atoms with Crippen LogP contribution in [0.4, 0.5) is 0 Å². The van der Waals surface area contributed by atoms with Crippen molar-refractivity contribution >= 4 is 0 Å². The van der Waals surface area contributed by atoms with E-state index in [2.05, 4.69) is 51.3 Å². The molecule has 0 saturated carbocycles. The molecule has 0 bridgehead atoms. The van der Waals surface area contributed by atoms with Crippen molar-refractivity contribution in [2.24, 2.45) is 5.41 Å².